The van der Waals surface area contributed by atoms with E-state index in [4.69, 9.17) is 5.11 Å². The highest BCUT2D eigenvalue weighted by atomic mass is 16.6. The third-order valence-corrected chi connectivity index (χ3v) is 2.87. The Balaban J connectivity index is 1.85. The van der Waals surface area contributed by atoms with E-state index in [2.05, 4.69) is 10.4 Å². The number of carboxylic acids is 1. The minimum Gasteiger partial charge on any atom is -0.481 e. The number of aliphatic carboxylic acids is 1. The fourth-order valence-electron chi connectivity index (χ4n) is 1.93. The van der Waals surface area contributed by atoms with Crippen molar-refractivity contribution in [2.24, 2.45) is 5.92 Å². The number of carboxylic acid groups (broad SMARTS) is 1. The molecule has 9 nitrogen and oxygen atoms in total. The molecule has 0 aliphatic heterocycles. The summed E-state index contributed by atoms with van der Waals surface area (Å²) in [7, 11) is 0. The molecule has 2 unspecified atom stereocenters. The van der Waals surface area contributed by atoms with E-state index in [-0.39, 0.29) is 24.3 Å². The van der Waals surface area contributed by atoms with Crippen LogP contribution in [0.5, 0.6) is 0 Å². The van der Waals surface area contributed by atoms with Gasteiger partial charge in [0.2, 0.25) is 5.91 Å². The van der Waals surface area contributed by atoms with Crippen LogP contribution in [0.1, 0.15) is 6.42 Å². The summed E-state index contributed by atoms with van der Waals surface area (Å²) in [5.74, 6) is -2.24. The van der Waals surface area contributed by atoms with E-state index >= 15 is 0 Å². The van der Waals surface area contributed by atoms with Crippen LogP contribution in [0, 0.1) is 16.0 Å². The van der Waals surface area contributed by atoms with Crippen molar-refractivity contribution >= 4 is 17.7 Å². The quantitative estimate of drug-likeness (QED) is 0.441. The highest BCUT2D eigenvalue weighted by Crippen LogP contribution is 2.17. The second-order valence-corrected chi connectivity index (χ2v) is 4.37. The van der Waals surface area contributed by atoms with Gasteiger partial charge in [-0.2, -0.15) is 4.68 Å². The first-order valence-corrected chi connectivity index (χ1v) is 5.84. The summed E-state index contributed by atoms with van der Waals surface area (Å²) in [6.45, 7) is -0.157. The average Bonchev–Trinajstić information content (AvgIpc) is 2.98. The van der Waals surface area contributed by atoms with Crippen LogP contribution >= 0.6 is 0 Å². The molecule has 0 spiro atoms. The van der Waals surface area contributed by atoms with E-state index in [1.807, 2.05) is 0 Å². The SMILES string of the molecule is O=C(Cn1ccc([N+](=O)[O-])n1)NC1C=CC(C(=O)O)C1. The molecule has 20 heavy (non-hydrogen) atoms. The van der Waals surface area contributed by atoms with Gasteiger partial charge in [-0.25, -0.2) is 0 Å². The lowest BCUT2D eigenvalue weighted by molar-refractivity contribution is -0.389. The van der Waals surface area contributed by atoms with Crippen LogP contribution in [0.15, 0.2) is 24.4 Å². The van der Waals surface area contributed by atoms with Crippen molar-refractivity contribution in [3.63, 3.8) is 0 Å². The van der Waals surface area contributed by atoms with Gasteiger partial charge in [-0.05, 0) is 11.3 Å². The highest BCUT2D eigenvalue weighted by molar-refractivity contribution is 5.77. The molecular formula is C11H12N4O5. The molecule has 1 aromatic heterocycles. The Hall–Kier alpha value is -2.71. The second-order valence-electron chi connectivity index (χ2n) is 4.37. The minimum atomic E-state index is -0.930. The molecule has 0 aromatic carbocycles. The molecule has 2 atom stereocenters. The first kappa shape index (κ1) is 13.7. The molecule has 1 amide bonds. The van der Waals surface area contributed by atoms with E-state index in [1.54, 1.807) is 6.08 Å². The normalized spacial score (nSPS) is 20.8. The van der Waals surface area contributed by atoms with Crippen LogP contribution < -0.4 is 5.32 Å². The van der Waals surface area contributed by atoms with Crippen molar-refractivity contribution in [3.8, 4) is 0 Å². The van der Waals surface area contributed by atoms with E-state index in [1.165, 1.54) is 18.3 Å². The van der Waals surface area contributed by atoms with Crippen LogP contribution in [-0.2, 0) is 16.1 Å². The molecule has 1 aromatic rings. The number of rotatable bonds is 5. The van der Waals surface area contributed by atoms with Crippen LogP contribution in [0.2, 0.25) is 0 Å². The molecule has 1 heterocycles. The number of carbonyl (C=O) groups is 2. The second kappa shape index (κ2) is 5.51. The van der Waals surface area contributed by atoms with Gasteiger partial charge in [-0.1, -0.05) is 12.2 Å². The monoisotopic (exact) mass is 280 g/mol. The summed E-state index contributed by atoms with van der Waals surface area (Å²) in [6, 6.07) is 0.859. The number of nitrogens with one attached hydrogen (secondary N) is 1. The Morgan fingerprint density at radius 2 is 2.30 bits per heavy atom. The smallest absolute Gasteiger partial charge is 0.389 e. The van der Waals surface area contributed by atoms with Gasteiger partial charge in [-0.3, -0.25) is 9.59 Å². The third kappa shape index (κ3) is 3.19. The Bertz CT molecular complexity index is 579. The largest absolute Gasteiger partial charge is 0.481 e. The molecule has 0 saturated carbocycles. The number of hydrogen-bond acceptors (Lipinski definition) is 5. The molecule has 0 fully saturated rings. The van der Waals surface area contributed by atoms with Crippen LogP contribution in [0.4, 0.5) is 5.82 Å². The molecule has 2 N–H and O–H groups in total. The number of hydrogen-bond donors (Lipinski definition) is 2. The number of aromatic nitrogens is 2. The first-order chi connectivity index (χ1) is 9.45. The lowest BCUT2D eigenvalue weighted by atomic mass is 10.1. The Labute approximate surface area is 113 Å². The summed E-state index contributed by atoms with van der Waals surface area (Å²) in [6.07, 6.45) is 4.80. The minimum absolute atomic E-state index is 0.157. The topological polar surface area (TPSA) is 127 Å². The third-order valence-electron chi connectivity index (χ3n) is 2.87. The zero-order valence-electron chi connectivity index (χ0n) is 10.3. The summed E-state index contributed by atoms with van der Waals surface area (Å²) in [5.41, 5.74) is 0. The summed E-state index contributed by atoms with van der Waals surface area (Å²) < 4.78 is 1.15. The number of nitro groups is 1. The fourth-order valence-corrected chi connectivity index (χ4v) is 1.93. The van der Waals surface area contributed by atoms with Crippen LogP contribution in [-0.4, -0.2) is 37.7 Å². The molecule has 0 saturated heterocycles. The van der Waals surface area contributed by atoms with Crippen LogP contribution in [0.3, 0.4) is 0 Å². The van der Waals surface area contributed by atoms with E-state index in [0.29, 0.717) is 6.42 Å². The van der Waals surface area contributed by atoms with Gasteiger partial charge in [0.15, 0.2) is 0 Å². The highest BCUT2D eigenvalue weighted by Gasteiger charge is 2.25. The van der Waals surface area contributed by atoms with E-state index in [9.17, 15) is 19.7 Å². The van der Waals surface area contributed by atoms with E-state index in [0.717, 1.165) is 4.68 Å². The zero-order chi connectivity index (χ0) is 14.7. The van der Waals surface area contributed by atoms with E-state index < -0.39 is 16.8 Å². The van der Waals surface area contributed by atoms with Crippen molar-refractivity contribution < 1.29 is 19.6 Å². The molecule has 1 aliphatic carbocycles. The van der Waals surface area contributed by atoms with Crippen molar-refractivity contribution in [2.75, 3.05) is 0 Å². The Kier molecular flexibility index (Phi) is 3.78. The van der Waals surface area contributed by atoms with Gasteiger partial charge in [0.25, 0.3) is 0 Å². The predicted molar refractivity (Wildman–Crippen MR) is 65.7 cm³/mol. The van der Waals surface area contributed by atoms with Gasteiger partial charge in [-0.15, -0.1) is 0 Å². The molecule has 9 heteroatoms. The van der Waals surface area contributed by atoms with Gasteiger partial charge in [0, 0.05) is 6.04 Å². The molecule has 0 bridgehead atoms. The predicted octanol–water partition coefficient (Wildman–Crippen LogP) is -0.0632. The fraction of sp³-hybridized carbons (Fsp3) is 0.364. The molecule has 106 valence electrons. The Morgan fingerprint density at radius 1 is 1.55 bits per heavy atom. The average molecular weight is 280 g/mol. The molecular weight excluding hydrogens is 268 g/mol. The summed E-state index contributed by atoms with van der Waals surface area (Å²) in [5, 5.41) is 25.5. The molecule has 2 rings (SSSR count). The maximum Gasteiger partial charge on any atom is 0.389 e. The van der Waals surface area contributed by atoms with Crippen molar-refractivity contribution in [1.29, 1.82) is 0 Å². The van der Waals surface area contributed by atoms with Gasteiger partial charge >= 0.3 is 11.8 Å². The maximum atomic E-state index is 11.7. The molecule has 1 aliphatic rings. The van der Waals surface area contributed by atoms with Crippen molar-refractivity contribution in [2.45, 2.75) is 19.0 Å². The van der Waals surface area contributed by atoms with Gasteiger partial charge < -0.3 is 20.5 Å². The summed E-state index contributed by atoms with van der Waals surface area (Å²) >= 11 is 0. The number of amides is 1. The maximum absolute atomic E-state index is 11.7. The standard InChI is InChI=1S/C11H12N4O5/c16-10(6-14-4-3-9(13-14)15(19)20)12-8-2-1-7(5-8)11(17)18/h1-4,7-8H,5-6H2,(H,12,16)(H,17,18). The van der Waals surface area contributed by atoms with Crippen molar-refractivity contribution in [3.05, 3.63) is 34.5 Å². The summed E-state index contributed by atoms with van der Waals surface area (Å²) in [4.78, 5) is 32.2. The zero-order valence-corrected chi connectivity index (χ0v) is 10.3. The van der Waals surface area contributed by atoms with Crippen LogP contribution in [0.25, 0.3) is 0 Å². The lowest BCUT2D eigenvalue weighted by Gasteiger charge is -2.11. The van der Waals surface area contributed by atoms with Crippen molar-refractivity contribution in [1.82, 2.24) is 15.1 Å². The van der Waals surface area contributed by atoms with Gasteiger partial charge in [0.1, 0.15) is 6.54 Å². The number of carbonyl (C=O) groups excluding carboxylic acids is 1. The Morgan fingerprint density at radius 3 is 2.85 bits per heavy atom. The van der Waals surface area contributed by atoms with Gasteiger partial charge in [0.05, 0.1) is 23.3 Å². The molecule has 0 radical (unpaired) electrons. The first-order valence-electron chi connectivity index (χ1n) is 5.84. The number of nitrogens with zero attached hydrogens (tertiary/aromatic N) is 3. The lowest BCUT2D eigenvalue weighted by Crippen LogP contribution is -2.35.